The number of fused-ring (bicyclic) bond motifs is 1. The van der Waals surface area contributed by atoms with E-state index < -0.39 is 11.5 Å². The minimum Gasteiger partial charge on any atom is -0.462 e. The fourth-order valence-electron chi connectivity index (χ4n) is 2.77. The molecular formula is C21H19FN2O3. The Morgan fingerprint density at radius 1 is 1.26 bits per heavy atom. The third kappa shape index (κ3) is 3.79. The summed E-state index contributed by atoms with van der Waals surface area (Å²) in [5.74, 6) is -1.04. The SMILES string of the molecule is C=C(C)c1cnc2c(c1)cc(C(=O)OCC)c(=O)n2Cc1ccc(F)cc1. The predicted octanol–water partition coefficient (Wildman–Crippen LogP) is 3.79. The van der Waals surface area contributed by atoms with E-state index >= 15 is 0 Å². The van der Waals surface area contributed by atoms with Crippen molar-refractivity contribution in [2.45, 2.75) is 20.4 Å². The molecule has 6 heteroatoms. The number of rotatable bonds is 5. The van der Waals surface area contributed by atoms with Gasteiger partial charge in [0.1, 0.15) is 17.0 Å². The van der Waals surface area contributed by atoms with Gasteiger partial charge in [0.05, 0.1) is 13.2 Å². The van der Waals surface area contributed by atoms with E-state index in [1.165, 1.54) is 22.8 Å². The van der Waals surface area contributed by atoms with E-state index in [2.05, 4.69) is 11.6 Å². The van der Waals surface area contributed by atoms with E-state index in [0.29, 0.717) is 16.6 Å². The van der Waals surface area contributed by atoms with E-state index in [-0.39, 0.29) is 24.5 Å². The first-order valence-electron chi connectivity index (χ1n) is 8.51. The van der Waals surface area contributed by atoms with Crippen LogP contribution in [0.5, 0.6) is 0 Å². The number of halogens is 1. The Morgan fingerprint density at radius 3 is 2.59 bits per heavy atom. The van der Waals surface area contributed by atoms with Gasteiger partial charge in [-0.2, -0.15) is 0 Å². The Bertz CT molecular complexity index is 1090. The maximum Gasteiger partial charge on any atom is 0.343 e. The Balaban J connectivity index is 2.23. The van der Waals surface area contributed by atoms with Gasteiger partial charge in [-0.15, -0.1) is 0 Å². The van der Waals surface area contributed by atoms with Crippen LogP contribution in [-0.2, 0) is 11.3 Å². The van der Waals surface area contributed by atoms with E-state index in [9.17, 15) is 14.0 Å². The first kappa shape index (κ1) is 18.5. The smallest absolute Gasteiger partial charge is 0.343 e. The molecule has 0 bridgehead atoms. The fraction of sp³-hybridized carbons (Fsp3) is 0.190. The summed E-state index contributed by atoms with van der Waals surface area (Å²) in [6.07, 6.45) is 1.63. The molecule has 2 heterocycles. The summed E-state index contributed by atoms with van der Waals surface area (Å²) in [6, 6.07) is 9.15. The van der Waals surface area contributed by atoms with Gasteiger partial charge in [0.15, 0.2) is 0 Å². The van der Waals surface area contributed by atoms with Crippen LogP contribution in [0.3, 0.4) is 0 Å². The van der Waals surface area contributed by atoms with Crippen LogP contribution in [0.15, 0.2) is 54.0 Å². The second-order valence-electron chi connectivity index (χ2n) is 6.21. The zero-order valence-corrected chi connectivity index (χ0v) is 15.2. The second-order valence-corrected chi connectivity index (χ2v) is 6.21. The molecule has 0 unspecified atom stereocenters. The highest BCUT2D eigenvalue weighted by Crippen LogP contribution is 2.19. The van der Waals surface area contributed by atoms with Crippen molar-refractivity contribution in [3.05, 3.63) is 82.0 Å². The van der Waals surface area contributed by atoms with Crippen molar-refractivity contribution in [3.63, 3.8) is 0 Å². The van der Waals surface area contributed by atoms with Crippen LogP contribution in [0.2, 0.25) is 0 Å². The predicted molar refractivity (Wildman–Crippen MR) is 102 cm³/mol. The van der Waals surface area contributed by atoms with Gasteiger partial charge in [0, 0.05) is 11.6 Å². The minimum atomic E-state index is -0.682. The van der Waals surface area contributed by atoms with Gasteiger partial charge in [0.25, 0.3) is 5.56 Å². The lowest BCUT2D eigenvalue weighted by Gasteiger charge is -2.13. The van der Waals surface area contributed by atoms with Crippen molar-refractivity contribution in [1.82, 2.24) is 9.55 Å². The van der Waals surface area contributed by atoms with Crippen molar-refractivity contribution in [1.29, 1.82) is 0 Å². The summed E-state index contributed by atoms with van der Waals surface area (Å²) >= 11 is 0. The first-order chi connectivity index (χ1) is 12.9. The van der Waals surface area contributed by atoms with E-state index in [4.69, 9.17) is 4.74 Å². The highest BCUT2D eigenvalue weighted by molar-refractivity contribution is 5.93. The average molecular weight is 366 g/mol. The van der Waals surface area contributed by atoms with Gasteiger partial charge < -0.3 is 4.74 Å². The quantitative estimate of drug-likeness (QED) is 0.645. The molecule has 0 saturated carbocycles. The number of benzene rings is 1. The molecule has 0 radical (unpaired) electrons. The van der Waals surface area contributed by atoms with Gasteiger partial charge in [0.2, 0.25) is 0 Å². The molecule has 5 nitrogen and oxygen atoms in total. The van der Waals surface area contributed by atoms with E-state index in [1.807, 2.05) is 13.0 Å². The van der Waals surface area contributed by atoms with Gasteiger partial charge in [-0.05, 0) is 54.8 Å². The highest BCUT2D eigenvalue weighted by Gasteiger charge is 2.18. The number of esters is 1. The fourth-order valence-corrected chi connectivity index (χ4v) is 2.77. The van der Waals surface area contributed by atoms with Crippen molar-refractivity contribution in [2.75, 3.05) is 6.61 Å². The molecule has 0 aliphatic carbocycles. The second kappa shape index (κ2) is 7.53. The van der Waals surface area contributed by atoms with Crippen LogP contribution >= 0.6 is 0 Å². The van der Waals surface area contributed by atoms with Crippen LogP contribution < -0.4 is 5.56 Å². The molecule has 0 spiro atoms. The number of nitrogens with zero attached hydrogens (tertiary/aromatic N) is 2. The largest absolute Gasteiger partial charge is 0.462 e. The lowest BCUT2D eigenvalue weighted by molar-refractivity contribution is 0.0524. The molecule has 0 saturated heterocycles. The van der Waals surface area contributed by atoms with Crippen molar-refractivity contribution in [3.8, 4) is 0 Å². The molecule has 27 heavy (non-hydrogen) atoms. The number of hydrogen-bond donors (Lipinski definition) is 0. The molecule has 0 N–H and O–H groups in total. The van der Waals surface area contributed by atoms with Gasteiger partial charge in [-0.1, -0.05) is 18.7 Å². The minimum absolute atomic E-state index is 0.0628. The maximum atomic E-state index is 13.2. The third-order valence-corrected chi connectivity index (χ3v) is 4.17. The van der Waals surface area contributed by atoms with Gasteiger partial charge >= 0.3 is 5.97 Å². The van der Waals surface area contributed by atoms with E-state index in [0.717, 1.165) is 11.1 Å². The number of allylic oxidation sites excluding steroid dienone is 1. The summed E-state index contributed by atoms with van der Waals surface area (Å²) in [4.78, 5) is 29.6. The van der Waals surface area contributed by atoms with Gasteiger partial charge in [-0.3, -0.25) is 9.36 Å². The van der Waals surface area contributed by atoms with Crippen LogP contribution in [0.25, 0.3) is 16.6 Å². The van der Waals surface area contributed by atoms with Crippen molar-refractivity contribution < 1.29 is 13.9 Å². The Hall–Kier alpha value is -3.28. The number of carbonyl (C=O) groups excluding carboxylic acids is 1. The number of hydrogen-bond acceptors (Lipinski definition) is 4. The zero-order chi connectivity index (χ0) is 19.6. The van der Waals surface area contributed by atoms with Crippen LogP contribution in [-0.4, -0.2) is 22.1 Å². The Labute approximate surface area is 155 Å². The Kier molecular flexibility index (Phi) is 5.16. The van der Waals surface area contributed by atoms with Crippen molar-refractivity contribution in [2.24, 2.45) is 0 Å². The zero-order valence-electron chi connectivity index (χ0n) is 15.2. The number of aromatic nitrogens is 2. The topological polar surface area (TPSA) is 61.2 Å². The van der Waals surface area contributed by atoms with Crippen LogP contribution in [0.4, 0.5) is 4.39 Å². The van der Waals surface area contributed by atoms with Gasteiger partial charge in [-0.25, -0.2) is 14.2 Å². The average Bonchev–Trinajstić information content (AvgIpc) is 2.65. The van der Waals surface area contributed by atoms with Crippen LogP contribution in [0.1, 0.15) is 35.3 Å². The molecule has 0 amide bonds. The monoisotopic (exact) mass is 366 g/mol. The standard InChI is InChI=1S/C21H19FN2O3/c1-4-27-21(26)18-10-15-9-16(13(2)3)11-23-19(15)24(20(18)25)12-14-5-7-17(22)8-6-14/h5-11H,2,4,12H2,1,3H3. The lowest BCUT2D eigenvalue weighted by atomic mass is 10.1. The summed E-state index contributed by atoms with van der Waals surface area (Å²) in [5.41, 5.74) is 2.21. The molecule has 3 rings (SSSR count). The number of ether oxygens (including phenoxy) is 1. The molecule has 3 aromatic rings. The van der Waals surface area contributed by atoms with E-state index in [1.54, 1.807) is 25.3 Å². The molecule has 1 aromatic carbocycles. The lowest BCUT2D eigenvalue weighted by Crippen LogP contribution is -2.28. The summed E-state index contributed by atoms with van der Waals surface area (Å²) < 4.78 is 19.6. The van der Waals surface area contributed by atoms with Crippen molar-refractivity contribution >= 4 is 22.6 Å². The van der Waals surface area contributed by atoms with Crippen LogP contribution in [0, 0.1) is 5.82 Å². The third-order valence-electron chi connectivity index (χ3n) is 4.17. The molecule has 138 valence electrons. The summed E-state index contributed by atoms with van der Waals surface area (Å²) in [5, 5.41) is 0.625. The molecule has 0 aliphatic rings. The molecule has 0 fully saturated rings. The molecular weight excluding hydrogens is 347 g/mol. The number of pyridine rings is 2. The summed E-state index contributed by atoms with van der Waals surface area (Å²) in [6.45, 7) is 7.75. The normalized spacial score (nSPS) is 10.8. The first-order valence-corrected chi connectivity index (χ1v) is 8.51. The summed E-state index contributed by atoms with van der Waals surface area (Å²) in [7, 11) is 0. The molecule has 0 aliphatic heterocycles. The maximum absolute atomic E-state index is 13.2. The highest BCUT2D eigenvalue weighted by atomic mass is 19.1. The Morgan fingerprint density at radius 2 is 1.96 bits per heavy atom. The molecule has 0 atom stereocenters. The molecule has 2 aromatic heterocycles. The number of carbonyl (C=O) groups is 1.